The van der Waals surface area contributed by atoms with Crippen LogP contribution in [0.1, 0.15) is 69.2 Å². The van der Waals surface area contributed by atoms with E-state index in [1.165, 1.54) is 10.9 Å². The zero-order chi connectivity index (χ0) is 34.8. The maximum Gasteiger partial charge on any atom is 0.421 e. The van der Waals surface area contributed by atoms with Crippen molar-refractivity contribution in [2.75, 3.05) is 19.7 Å². The lowest BCUT2D eigenvalue weighted by molar-refractivity contribution is -0.131. The largest absolute Gasteiger partial charge is 0.448 e. The number of rotatable bonds is 8. The molecule has 256 valence electrons. The van der Waals surface area contributed by atoms with Gasteiger partial charge in [0.25, 0.3) is 0 Å². The van der Waals surface area contributed by atoms with Crippen molar-refractivity contribution in [3.05, 3.63) is 102 Å². The number of amides is 3. The zero-order valence-electron chi connectivity index (χ0n) is 27.9. The summed E-state index contributed by atoms with van der Waals surface area (Å²) in [6.45, 7) is 7.73. The van der Waals surface area contributed by atoms with Gasteiger partial charge in [0.15, 0.2) is 11.6 Å². The van der Waals surface area contributed by atoms with Gasteiger partial charge < -0.3 is 19.7 Å². The van der Waals surface area contributed by atoms with E-state index < -0.39 is 35.2 Å². The van der Waals surface area contributed by atoms with Gasteiger partial charge in [-0.15, -0.1) is 0 Å². The quantitative estimate of drug-likeness (QED) is 0.212. The Morgan fingerprint density at radius 2 is 1.63 bits per heavy atom. The average molecular weight is 670 g/mol. The fourth-order valence-electron chi connectivity index (χ4n) is 6.24. The van der Waals surface area contributed by atoms with E-state index in [9.17, 15) is 18.8 Å². The smallest absolute Gasteiger partial charge is 0.421 e. The van der Waals surface area contributed by atoms with Crippen LogP contribution in [0.15, 0.2) is 79.3 Å². The lowest BCUT2D eigenvalue weighted by Gasteiger charge is -2.41. The number of hydrazine groups is 1. The summed E-state index contributed by atoms with van der Waals surface area (Å²) in [5, 5.41) is 6.95. The minimum atomic E-state index is -1.27. The Hall–Kier alpha value is -5.30. The number of carbonyl (C=O) groups excluding carboxylic acids is 3. The van der Waals surface area contributed by atoms with Crippen LogP contribution in [0.3, 0.4) is 0 Å². The van der Waals surface area contributed by atoms with Gasteiger partial charge in [-0.25, -0.2) is 29.1 Å². The Kier molecular flexibility index (Phi) is 9.37. The van der Waals surface area contributed by atoms with Crippen LogP contribution in [0.5, 0.6) is 0 Å². The lowest BCUT2D eigenvalue weighted by Crippen LogP contribution is -2.66. The topological polar surface area (TPSA) is 140 Å². The third-order valence-electron chi connectivity index (χ3n) is 8.86. The van der Waals surface area contributed by atoms with Gasteiger partial charge in [0, 0.05) is 25.2 Å². The van der Waals surface area contributed by atoms with Crippen LogP contribution in [0.25, 0.3) is 16.9 Å². The minimum Gasteiger partial charge on any atom is -0.448 e. The summed E-state index contributed by atoms with van der Waals surface area (Å²) in [7, 11) is 0. The number of halogens is 1. The first-order valence-corrected chi connectivity index (χ1v) is 16.3. The number of fused-ring (bicyclic) bond motifs is 3. The number of nitrogens with zero attached hydrogens (tertiary/aromatic N) is 4. The van der Waals surface area contributed by atoms with Crippen LogP contribution in [-0.4, -0.2) is 68.6 Å². The fraction of sp³-hybridized carbons (Fsp3) is 0.361. The van der Waals surface area contributed by atoms with Crippen LogP contribution in [0.4, 0.5) is 14.0 Å². The second-order valence-electron chi connectivity index (χ2n) is 13.4. The molecule has 0 saturated carbocycles. The average Bonchev–Trinajstić information content (AvgIpc) is 3.67. The van der Waals surface area contributed by atoms with Crippen LogP contribution < -0.4 is 16.2 Å². The standard InChI is InChI=1S/C36H40FN7O5/c1-23(24-13-14-31(38-19-24)44-21-25(37)20-39-44)40-32(45)36(15-17-43(18-16-36)34(47)49-35(2,3)4)42-41-33(46)48-22-30-28-11-7-5-9-26(28)27-10-6-8-12-29(27)30/h5-14,19-21,23,30,42H,15-18,22H2,1-4H3,(H,40,45)(H,41,46)/t23-/m0/s1. The second kappa shape index (κ2) is 13.7. The van der Waals surface area contributed by atoms with Gasteiger partial charge in [0.2, 0.25) is 5.91 Å². The normalized spacial score (nSPS) is 15.9. The highest BCUT2D eigenvalue weighted by molar-refractivity contribution is 5.87. The van der Waals surface area contributed by atoms with Crippen LogP contribution in [0.2, 0.25) is 0 Å². The highest BCUT2D eigenvalue weighted by Crippen LogP contribution is 2.44. The number of pyridine rings is 1. The molecular formula is C36H40FN7O5. The van der Waals surface area contributed by atoms with Crippen molar-refractivity contribution in [2.24, 2.45) is 0 Å². The number of hydrogen-bond acceptors (Lipinski definition) is 8. The summed E-state index contributed by atoms with van der Waals surface area (Å²) < 4.78 is 26.0. The molecule has 1 saturated heterocycles. The summed E-state index contributed by atoms with van der Waals surface area (Å²) in [5.41, 5.74) is 8.75. The molecule has 0 spiro atoms. The molecule has 0 radical (unpaired) electrons. The van der Waals surface area contributed by atoms with Crippen molar-refractivity contribution in [1.82, 2.24) is 35.8 Å². The molecule has 2 aromatic carbocycles. The van der Waals surface area contributed by atoms with Gasteiger partial charge >= 0.3 is 12.2 Å². The summed E-state index contributed by atoms with van der Waals surface area (Å²) in [5.74, 6) is -0.554. The molecule has 4 aromatic rings. The second-order valence-corrected chi connectivity index (χ2v) is 13.4. The van der Waals surface area contributed by atoms with Crippen molar-refractivity contribution in [1.29, 1.82) is 0 Å². The lowest BCUT2D eigenvalue weighted by atomic mass is 9.86. The number of carbonyl (C=O) groups is 3. The Morgan fingerprint density at radius 3 is 2.20 bits per heavy atom. The molecule has 1 atom stereocenters. The van der Waals surface area contributed by atoms with E-state index in [4.69, 9.17) is 9.47 Å². The molecule has 1 fully saturated rings. The first kappa shape index (κ1) is 33.6. The molecule has 0 unspecified atom stereocenters. The van der Waals surface area contributed by atoms with E-state index in [2.05, 4.69) is 38.4 Å². The molecule has 2 aromatic heterocycles. The number of ether oxygens (including phenoxy) is 2. The molecule has 12 nitrogen and oxygen atoms in total. The molecular weight excluding hydrogens is 629 g/mol. The summed E-state index contributed by atoms with van der Waals surface area (Å²) >= 11 is 0. The molecule has 1 aliphatic heterocycles. The molecule has 6 rings (SSSR count). The summed E-state index contributed by atoms with van der Waals surface area (Å²) in [4.78, 5) is 45.8. The number of nitrogens with one attached hydrogen (secondary N) is 3. The number of likely N-dealkylation sites (tertiary alicyclic amines) is 1. The van der Waals surface area contributed by atoms with Gasteiger partial charge in [-0.05, 0) is 74.4 Å². The van der Waals surface area contributed by atoms with Gasteiger partial charge in [-0.1, -0.05) is 54.6 Å². The van der Waals surface area contributed by atoms with Crippen molar-refractivity contribution in [3.63, 3.8) is 0 Å². The maximum atomic E-state index is 14.0. The van der Waals surface area contributed by atoms with Crippen LogP contribution in [0, 0.1) is 5.82 Å². The Labute approximate surface area is 284 Å². The predicted octanol–water partition coefficient (Wildman–Crippen LogP) is 5.40. The molecule has 3 N–H and O–H groups in total. The van der Waals surface area contributed by atoms with E-state index in [1.54, 1.807) is 44.0 Å². The highest BCUT2D eigenvalue weighted by Gasteiger charge is 2.44. The Balaban J connectivity index is 1.13. The van der Waals surface area contributed by atoms with Crippen LogP contribution in [-0.2, 0) is 14.3 Å². The van der Waals surface area contributed by atoms with Crippen molar-refractivity contribution < 1.29 is 28.2 Å². The van der Waals surface area contributed by atoms with Gasteiger partial charge in [-0.3, -0.25) is 10.2 Å². The molecule has 13 heteroatoms. The summed E-state index contributed by atoms with van der Waals surface area (Å²) in [6.07, 6.45) is 3.08. The zero-order valence-corrected chi connectivity index (χ0v) is 27.9. The minimum absolute atomic E-state index is 0.109. The number of hydrogen-bond donors (Lipinski definition) is 3. The van der Waals surface area contributed by atoms with E-state index in [0.717, 1.165) is 28.5 Å². The Morgan fingerprint density at radius 1 is 0.980 bits per heavy atom. The van der Waals surface area contributed by atoms with E-state index in [1.807, 2.05) is 43.3 Å². The SMILES string of the molecule is C[C@H](NC(=O)C1(NNC(=O)OCC2c3ccccc3-c3ccccc32)CCN(C(=O)OC(C)(C)C)CC1)c1ccc(-n2cc(F)cn2)nc1. The van der Waals surface area contributed by atoms with Crippen molar-refractivity contribution in [2.45, 2.75) is 63.6 Å². The number of aromatic nitrogens is 3. The molecule has 1 aliphatic carbocycles. The molecule has 3 amide bonds. The maximum absolute atomic E-state index is 14.0. The molecule has 0 bridgehead atoms. The van der Waals surface area contributed by atoms with Crippen molar-refractivity contribution >= 4 is 18.1 Å². The summed E-state index contributed by atoms with van der Waals surface area (Å²) in [6, 6.07) is 19.1. The number of benzene rings is 2. The van der Waals surface area contributed by atoms with E-state index in [0.29, 0.717) is 11.4 Å². The molecule has 3 heterocycles. The fourth-order valence-corrected chi connectivity index (χ4v) is 6.24. The monoisotopic (exact) mass is 669 g/mol. The molecule has 2 aliphatic rings. The predicted molar refractivity (Wildman–Crippen MR) is 179 cm³/mol. The van der Waals surface area contributed by atoms with Gasteiger partial charge in [-0.2, -0.15) is 5.10 Å². The first-order valence-electron chi connectivity index (χ1n) is 16.3. The third kappa shape index (κ3) is 7.41. The number of piperidine rings is 1. The Bertz CT molecular complexity index is 1780. The first-order chi connectivity index (χ1) is 23.4. The van der Waals surface area contributed by atoms with Crippen LogP contribution >= 0.6 is 0 Å². The van der Waals surface area contributed by atoms with E-state index >= 15 is 0 Å². The van der Waals surface area contributed by atoms with Gasteiger partial charge in [0.05, 0.1) is 18.4 Å². The van der Waals surface area contributed by atoms with Crippen molar-refractivity contribution in [3.8, 4) is 16.9 Å². The third-order valence-corrected chi connectivity index (χ3v) is 8.86. The highest BCUT2D eigenvalue weighted by atomic mass is 19.1. The van der Waals surface area contributed by atoms with Gasteiger partial charge in [0.1, 0.15) is 17.7 Å². The van der Waals surface area contributed by atoms with E-state index in [-0.39, 0.29) is 44.4 Å². The molecule has 49 heavy (non-hydrogen) atoms.